The van der Waals surface area contributed by atoms with Gasteiger partial charge >= 0.3 is 5.97 Å². The van der Waals surface area contributed by atoms with Crippen LogP contribution in [0.3, 0.4) is 0 Å². The summed E-state index contributed by atoms with van der Waals surface area (Å²) >= 11 is 1.27. The molecule has 0 radical (unpaired) electrons. The standard InChI is InChI=1S/C35H28N2O6S/c1-3-40-34(39)31-21(2)36-35-37(32(31)24-14-15-28-29(18-24)43-20-42-28)33(38)30(44-35)17-22-8-6-12-26(16-22)41-19-25-11-7-10-23-9-4-5-13-27(23)25/h4-18,32H,3,19-20H2,1-2H3/b30-17-/t32-/m1/s1. The number of allylic oxidation sites excluding steroid dienone is 1. The quantitative estimate of drug-likeness (QED) is 0.236. The zero-order valence-electron chi connectivity index (χ0n) is 24.1. The minimum Gasteiger partial charge on any atom is -0.489 e. The molecule has 0 saturated heterocycles. The van der Waals surface area contributed by atoms with Gasteiger partial charge in [-0.25, -0.2) is 9.79 Å². The van der Waals surface area contributed by atoms with Crippen LogP contribution in [0.15, 0.2) is 106 Å². The number of ether oxygens (including phenoxy) is 4. The zero-order valence-corrected chi connectivity index (χ0v) is 24.9. The van der Waals surface area contributed by atoms with Gasteiger partial charge in [-0.05, 0) is 71.7 Å². The van der Waals surface area contributed by atoms with Crippen molar-refractivity contribution in [1.29, 1.82) is 0 Å². The maximum Gasteiger partial charge on any atom is 0.338 e. The first-order valence-electron chi connectivity index (χ1n) is 14.3. The average Bonchev–Trinajstić information content (AvgIpc) is 3.63. The summed E-state index contributed by atoms with van der Waals surface area (Å²) in [5.74, 6) is 1.35. The van der Waals surface area contributed by atoms with Gasteiger partial charge in [0.05, 0.1) is 28.5 Å². The van der Waals surface area contributed by atoms with Crippen LogP contribution < -0.4 is 29.1 Å². The van der Waals surface area contributed by atoms with Crippen molar-refractivity contribution >= 4 is 34.2 Å². The average molecular weight is 605 g/mol. The molecular weight excluding hydrogens is 576 g/mol. The summed E-state index contributed by atoms with van der Waals surface area (Å²) in [7, 11) is 0. The molecule has 0 saturated carbocycles. The van der Waals surface area contributed by atoms with Gasteiger partial charge in [0.25, 0.3) is 5.56 Å². The van der Waals surface area contributed by atoms with E-state index in [4.69, 9.17) is 18.9 Å². The molecule has 9 heteroatoms. The van der Waals surface area contributed by atoms with E-state index in [2.05, 4.69) is 29.3 Å². The van der Waals surface area contributed by atoms with E-state index in [-0.39, 0.29) is 19.0 Å². The van der Waals surface area contributed by atoms with Crippen LogP contribution in [-0.2, 0) is 16.1 Å². The monoisotopic (exact) mass is 604 g/mol. The fourth-order valence-corrected chi connectivity index (χ4v) is 6.66. The highest BCUT2D eigenvalue weighted by Crippen LogP contribution is 2.38. The lowest BCUT2D eigenvalue weighted by molar-refractivity contribution is -0.139. The summed E-state index contributed by atoms with van der Waals surface area (Å²) in [5, 5.41) is 2.32. The van der Waals surface area contributed by atoms with E-state index in [0.29, 0.717) is 50.0 Å². The Balaban J connectivity index is 1.25. The second-order valence-electron chi connectivity index (χ2n) is 10.4. The fourth-order valence-electron chi connectivity index (χ4n) is 5.62. The molecule has 0 fully saturated rings. The first kappa shape index (κ1) is 27.7. The van der Waals surface area contributed by atoms with Crippen LogP contribution in [-0.4, -0.2) is 23.9 Å². The molecule has 2 aliphatic rings. The van der Waals surface area contributed by atoms with Crippen LogP contribution in [0.25, 0.3) is 16.8 Å². The molecule has 0 amide bonds. The molecule has 4 aromatic carbocycles. The van der Waals surface area contributed by atoms with Gasteiger partial charge in [0, 0.05) is 0 Å². The number of carbonyl (C=O) groups is 1. The Labute approximate surface area is 256 Å². The van der Waals surface area contributed by atoms with Gasteiger partial charge in [-0.15, -0.1) is 0 Å². The van der Waals surface area contributed by atoms with E-state index in [9.17, 15) is 9.59 Å². The molecule has 5 aromatic rings. The number of nitrogens with zero attached hydrogens (tertiary/aromatic N) is 2. The zero-order chi connectivity index (χ0) is 30.2. The Morgan fingerprint density at radius 2 is 1.84 bits per heavy atom. The van der Waals surface area contributed by atoms with Gasteiger partial charge in [0.15, 0.2) is 16.3 Å². The lowest BCUT2D eigenvalue weighted by atomic mass is 9.95. The number of rotatable bonds is 7. The normalized spacial score (nSPS) is 15.7. The van der Waals surface area contributed by atoms with Gasteiger partial charge in [0.2, 0.25) is 6.79 Å². The first-order chi connectivity index (χ1) is 21.5. The molecule has 0 unspecified atom stereocenters. The molecule has 0 aliphatic carbocycles. The molecular formula is C35H28N2O6S. The fraction of sp³-hybridized carbons (Fsp3) is 0.171. The highest BCUT2D eigenvalue weighted by atomic mass is 32.1. The van der Waals surface area contributed by atoms with Crippen molar-refractivity contribution < 1.29 is 23.7 Å². The van der Waals surface area contributed by atoms with E-state index >= 15 is 0 Å². The van der Waals surface area contributed by atoms with Crippen LogP contribution in [0.2, 0.25) is 0 Å². The van der Waals surface area contributed by atoms with Crippen molar-refractivity contribution in [3.63, 3.8) is 0 Å². The highest BCUT2D eigenvalue weighted by Gasteiger charge is 2.34. The predicted octanol–water partition coefficient (Wildman–Crippen LogP) is 5.26. The molecule has 0 bridgehead atoms. The summed E-state index contributed by atoms with van der Waals surface area (Å²) in [6, 6.07) is 26.7. The van der Waals surface area contributed by atoms with E-state index in [0.717, 1.165) is 21.9 Å². The van der Waals surface area contributed by atoms with E-state index in [1.807, 2.05) is 54.6 Å². The summed E-state index contributed by atoms with van der Waals surface area (Å²) in [5.41, 5.74) is 3.16. The van der Waals surface area contributed by atoms with Crippen LogP contribution >= 0.6 is 11.3 Å². The van der Waals surface area contributed by atoms with Crippen molar-refractivity contribution in [2.75, 3.05) is 13.4 Å². The van der Waals surface area contributed by atoms with Gasteiger partial charge in [0.1, 0.15) is 12.4 Å². The minimum absolute atomic E-state index is 0.117. The molecule has 3 heterocycles. The van der Waals surface area contributed by atoms with E-state index in [1.165, 1.54) is 11.3 Å². The maximum atomic E-state index is 14.0. The van der Waals surface area contributed by atoms with Crippen molar-refractivity contribution in [3.8, 4) is 17.2 Å². The Morgan fingerprint density at radius 1 is 1.02 bits per heavy atom. The topological polar surface area (TPSA) is 88.4 Å². The van der Waals surface area contributed by atoms with Crippen molar-refractivity contribution in [2.45, 2.75) is 26.5 Å². The Bertz CT molecular complexity index is 2140. The molecule has 44 heavy (non-hydrogen) atoms. The van der Waals surface area contributed by atoms with E-state index < -0.39 is 12.0 Å². The van der Waals surface area contributed by atoms with Gasteiger partial charge in [-0.2, -0.15) is 0 Å². The molecule has 0 spiro atoms. The number of thiazole rings is 1. The van der Waals surface area contributed by atoms with Gasteiger partial charge < -0.3 is 18.9 Å². The third-order valence-corrected chi connectivity index (χ3v) is 8.64. The smallest absolute Gasteiger partial charge is 0.338 e. The van der Waals surface area contributed by atoms with Crippen LogP contribution in [0.4, 0.5) is 0 Å². The predicted molar refractivity (Wildman–Crippen MR) is 168 cm³/mol. The molecule has 1 aromatic heterocycles. The van der Waals surface area contributed by atoms with Crippen LogP contribution in [0.5, 0.6) is 17.2 Å². The van der Waals surface area contributed by atoms with Crippen molar-refractivity contribution in [2.24, 2.45) is 4.99 Å². The van der Waals surface area contributed by atoms with Crippen molar-refractivity contribution in [1.82, 2.24) is 4.57 Å². The third-order valence-electron chi connectivity index (χ3n) is 7.66. The highest BCUT2D eigenvalue weighted by molar-refractivity contribution is 7.07. The molecule has 1 atom stereocenters. The molecule has 220 valence electrons. The number of aromatic nitrogens is 1. The third kappa shape index (κ3) is 5.05. The Morgan fingerprint density at radius 3 is 2.73 bits per heavy atom. The number of carbonyl (C=O) groups excluding carboxylic acids is 1. The molecule has 7 rings (SSSR count). The molecule has 0 N–H and O–H groups in total. The van der Waals surface area contributed by atoms with Crippen LogP contribution in [0, 0.1) is 0 Å². The minimum atomic E-state index is -0.739. The number of hydrogen-bond acceptors (Lipinski definition) is 8. The summed E-state index contributed by atoms with van der Waals surface area (Å²) in [6.45, 7) is 4.25. The SMILES string of the molecule is CCOC(=O)C1=C(C)N=c2s/c(=C\c3cccc(OCc4cccc5ccccc45)c3)c(=O)n2[C@@H]1c1ccc2c(c1)OCO2. The van der Waals surface area contributed by atoms with Gasteiger partial charge in [-0.1, -0.05) is 72.0 Å². The first-order valence-corrected chi connectivity index (χ1v) is 15.1. The maximum absolute atomic E-state index is 14.0. The second kappa shape index (κ2) is 11.5. The number of esters is 1. The summed E-state index contributed by atoms with van der Waals surface area (Å²) < 4.78 is 24.7. The second-order valence-corrected chi connectivity index (χ2v) is 11.4. The Kier molecular flexibility index (Phi) is 7.23. The van der Waals surface area contributed by atoms with Gasteiger partial charge in [-0.3, -0.25) is 9.36 Å². The van der Waals surface area contributed by atoms with E-state index in [1.54, 1.807) is 30.5 Å². The lowest BCUT2D eigenvalue weighted by Crippen LogP contribution is -2.39. The lowest BCUT2D eigenvalue weighted by Gasteiger charge is -2.24. The van der Waals surface area contributed by atoms with Crippen LogP contribution in [0.1, 0.15) is 36.6 Å². The number of hydrogen-bond donors (Lipinski definition) is 0. The Hall–Kier alpha value is -5.15. The molecule has 2 aliphatic heterocycles. The number of benzene rings is 4. The summed E-state index contributed by atoms with van der Waals surface area (Å²) in [6.07, 6.45) is 1.83. The summed E-state index contributed by atoms with van der Waals surface area (Å²) in [4.78, 5) is 32.4. The largest absolute Gasteiger partial charge is 0.489 e. The number of fused-ring (bicyclic) bond motifs is 3. The van der Waals surface area contributed by atoms with Crippen molar-refractivity contribution in [3.05, 3.63) is 133 Å². The molecule has 8 nitrogen and oxygen atoms in total.